The van der Waals surface area contributed by atoms with E-state index in [0.717, 1.165) is 24.0 Å². The zero-order valence-corrected chi connectivity index (χ0v) is 26.5. The molecule has 1 atom stereocenters. The highest BCUT2D eigenvalue weighted by molar-refractivity contribution is 14.1. The monoisotopic (exact) mass is 768 g/mol. The van der Waals surface area contributed by atoms with Gasteiger partial charge in [0.1, 0.15) is 24.7 Å². The zero-order valence-electron chi connectivity index (χ0n) is 21.4. The fourth-order valence-electron chi connectivity index (χ4n) is 4.10. The van der Waals surface area contributed by atoms with Crippen molar-refractivity contribution in [1.29, 1.82) is 0 Å². The lowest BCUT2D eigenvalue weighted by molar-refractivity contribution is -0.139. The highest BCUT2D eigenvalue weighted by Gasteiger charge is 2.33. The molecule has 7 nitrogen and oxygen atoms in total. The maximum Gasteiger partial charge on any atom is 0.338 e. The Balaban J connectivity index is 1.85. The van der Waals surface area contributed by atoms with Crippen LogP contribution >= 0.6 is 56.5 Å². The lowest BCUT2D eigenvalue weighted by Gasteiger charge is -2.24. The highest BCUT2D eigenvalue weighted by Crippen LogP contribution is 2.32. The number of rotatable bonds is 10. The van der Waals surface area contributed by atoms with Crippen molar-refractivity contribution in [2.45, 2.75) is 19.9 Å². The molecular formula is C29H26I2N2O5S. The second-order valence-electron chi connectivity index (χ2n) is 8.38. The van der Waals surface area contributed by atoms with E-state index in [1.807, 2.05) is 42.5 Å². The van der Waals surface area contributed by atoms with E-state index >= 15 is 0 Å². The van der Waals surface area contributed by atoms with E-state index in [1.165, 1.54) is 11.3 Å². The molecule has 0 saturated carbocycles. The number of aromatic nitrogens is 1. The van der Waals surface area contributed by atoms with Crippen LogP contribution in [-0.2, 0) is 9.53 Å². The summed E-state index contributed by atoms with van der Waals surface area (Å²) in [5.41, 5.74) is 2.23. The molecule has 1 aromatic heterocycles. The minimum absolute atomic E-state index is 0.213. The number of carbonyl (C=O) groups excluding carboxylic acids is 1. The Morgan fingerprint density at radius 3 is 2.36 bits per heavy atom. The number of allylic oxidation sites excluding steroid dienone is 1. The van der Waals surface area contributed by atoms with Gasteiger partial charge in [0, 0.05) is 0 Å². The summed E-state index contributed by atoms with van der Waals surface area (Å²) < 4.78 is 20.7. The SMILES string of the molecule is C=CCOc1ccc([C@H]2C(C(=O)OCC)=C(C)N=c3s/c(=C\c4cc(I)c(OCC=C)c(I)c4)c(=O)n32)cc1. The van der Waals surface area contributed by atoms with Gasteiger partial charge in [0.05, 0.1) is 35.6 Å². The summed E-state index contributed by atoms with van der Waals surface area (Å²) >= 11 is 5.74. The second kappa shape index (κ2) is 13.1. The Morgan fingerprint density at radius 2 is 1.74 bits per heavy atom. The molecule has 0 saturated heterocycles. The highest BCUT2D eigenvalue weighted by atomic mass is 127. The Labute approximate surface area is 257 Å². The molecule has 2 aromatic carbocycles. The lowest BCUT2D eigenvalue weighted by atomic mass is 9.96. The van der Waals surface area contributed by atoms with Crippen LogP contribution in [0.5, 0.6) is 11.5 Å². The molecule has 0 N–H and O–H groups in total. The molecule has 0 fully saturated rings. The number of carbonyl (C=O) groups is 1. The average Bonchev–Trinajstić information content (AvgIpc) is 3.20. The van der Waals surface area contributed by atoms with Gasteiger partial charge in [-0.2, -0.15) is 0 Å². The van der Waals surface area contributed by atoms with Crippen molar-refractivity contribution in [2.75, 3.05) is 19.8 Å². The van der Waals surface area contributed by atoms with Crippen LogP contribution in [0, 0.1) is 7.14 Å². The average molecular weight is 768 g/mol. The van der Waals surface area contributed by atoms with E-state index in [2.05, 4.69) is 63.3 Å². The van der Waals surface area contributed by atoms with Crippen LogP contribution in [0.15, 0.2) is 82.8 Å². The predicted molar refractivity (Wildman–Crippen MR) is 170 cm³/mol. The second-order valence-corrected chi connectivity index (χ2v) is 11.7. The first kappa shape index (κ1) is 29.3. The van der Waals surface area contributed by atoms with E-state index in [0.29, 0.717) is 39.6 Å². The molecule has 4 rings (SSSR count). The van der Waals surface area contributed by atoms with E-state index in [9.17, 15) is 9.59 Å². The number of halogens is 2. The van der Waals surface area contributed by atoms with E-state index in [1.54, 1.807) is 30.6 Å². The molecule has 2 heterocycles. The van der Waals surface area contributed by atoms with Gasteiger partial charge >= 0.3 is 5.97 Å². The first-order valence-corrected chi connectivity index (χ1v) is 15.0. The van der Waals surface area contributed by atoms with Crippen molar-refractivity contribution >= 4 is 68.6 Å². The van der Waals surface area contributed by atoms with Crippen LogP contribution in [0.2, 0.25) is 0 Å². The van der Waals surface area contributed by atoms with Gasteiger partial charge in [0.25, 0.3) is 5.56 Å². The molecule has 0 bridgehead atoms. The molecule has 10 heteroatoms. The first-order chi connectivity index (χ1) is 18.8. The molecule has 0 radical (unpaired) electrons. The number of ether oxygens (including phenoxy) is 3. The maximum absolute atomic E-state index is 13.9. The summed E-state index contributed by atoms with van der Waals surface area (Å²) in [5, 5.41) is 0. The number of thiazole rings is 1. The number of fused-ring (bicyclic) bond motifs is 1. The molecule has 3 aromatic rings. The molecule has 0 amide bonds. The van der Waals surface area contributed by atoms with Crippen molar-refractivity contribution in [1.82, 2.24) is 4.57 Å². The third-order valence-corrected chi connectivity index (χ3v) is 8.33. The van der Waals surface area contributed by atoms with E-state index in [4.69, 9.17) is 14.2 Å². The molecule has 1 aliphatic rings. The summed E-state index contributed by atoms with van der Waals surface area (Å²) in [5.74, 6) is 0.948. The molecule has 0 unspecified atom stereocenters. The molecule has 39 heavy (non-hydrogen) atoms. The zero-order chi connectivity index (χ0) is 28.1. The Morgan fingerprint density at radius 1 is 1.10 bits per heavy atom. The van der Waals surface area contributed by atoms with Gasteiger partial charge < -0.3 is 14.2 Å². The van der Waals surface area contributed by atoms with Crippen LogP contribution in [0.1, 0.15) is 31.0 Å². The van der Waals surface area contributed by atoms with Crippen molar-refractivity contribution < 1.29 is 19.0 Å². The number of esters is 1. The topological polar surface area (TPSA) is 79.1 Å². The van der Waals surface area contributed by atoms with E-state index < -0.39 is 12.0 Å². The summed E-state index contributed by atoms with van der Waals surface area (Å²) in [6, 6.07) is 10.6. The van der Waals surface area contributed by atoms with Gasteiger partial charge in [-0.05, 0) is 100 Å². The van der Waals surface area contributed by atoms with Gasteiger partial charge in [-0.25, -0.2) is 9.79 Å². The minimum atomic E-state index is -0.689. The standard InChI is InChI=1S/C29H26I2N2O5S/c1-5-12-37-20-10-8-19(9-11-20)25-24(28(35)36-7-3)17(4)32-29-33(25)27(34)23(39-29)16-18-14-21(30)26(22(31)15-18)38-13-6-2/h5-6,8-11,14-16,25H,1-2,7,12-13H2,3-4H3/b23-16-/t25-/m0/s1. The summed E-state index contributed by atoms with van der Waals surface area (Å²) in [7, 11) is 0. The van der Waals surface area contributed by atoms with Crippen molar-refractivity contribution in [3.63, 3.8) is 0 Å². The van der Waals surface area contributed by atoms with Crippen molar-refractivity contribution in [3.05, 3.63) is 111 Å². The van der Waals surface area contributed by atoms with Gasteiger partial charge in [-0.1, -0.05) is 48.8 Å². The first-order valence-electron chi connectivity index (χ1n) is 12.0. The van der Waals surface area contributed by atoms with Crippen molar-refractivity contribution in [3.8, 4) is 11.5 Å². The number of hydrogen-bond acceptors (Lipinski definition) is 7. The molecular weight excluding hydrogens is 742 g/mol. The Kier molecular flexibility index (Phi) is 9.83. The van der Waals surface area contributed by atoms with E-state index in [-0.39, 0.29) is 12.2 Å². The summed E-state index contributed by atoms with van der Waals surface area (Å²) in [6.07, 6.45) is 5.21. The van der Waals surface area contributed by atoms with Crippen LogP contribution in [0.25, 0.3) is 6.08 Å². The normalized spacial score (nSPS) is 14.9. The fraction of sp³-hybridized carbons (Fsp3) is 0.207. The third kappa shape index (κ3) is 6.38. The number of benzene rings is 2. The van der Waals surface area contributed by atoms with Gasteiger partial charge in [-0.3, -0.25) is 9.36 Å². The summed E-state index contributed by atoms with van der Waals surface area (Å²) in [6.45, 7) is 11.9. The maximum atomic E-state index is 13.9. The lowest BCUT2D eigenvalue weighted by Crippen LogP contribution is -2.39. The van der Waals surface area contributed by atoms with Crippen LogP contribution in [0.3, 0.4) is 0 Å². The van der Waals surface area contributed by atoms with Crippen molar-refractivity contribution in [2.24, 2.45) is 4.99 Å². The molecule has 1 aliphatic heterocycles. The molecule has 0 aliphatic carbocycles. The van der Waals surface area contributed by atoms with Crippen LogP contribution in [0.4, 0.5) is 0 Å². The Hall–Kier alpha value is -2.71. The fourth-order valence-corrected chi connectivity index (χ4v) is 7.28. The number of hydrogen-bond donors (Lipinski definition) is 0. The summed E-state index contributed by atoms with van der Waals surface area (Å²) in [4.78, 5) is 32.1. The van der Waals surface area contributed by atoms with Gasteiger partial charge in [0.15, 0.2) is 4.80 Å². The molecule has 202 valence electrons. The quantitative estimate of drug-likeness (QED) is 0.162. The van der Waals surface area contributed by atoms with Crippen LogP contribution < -0.4 is 24.4 Å². The molecule has 0 spiro atoms. The minimum Gasteiger partial charge on any atom is -0.490 e. The van der Waals surface area contributed by atoms with Gasteiger partial charge in [-0.15, -0.1) is 0 Å². The number of nitrogens with zero attached hydrogens (tertiary/aromatic N) is 2. The Bertz CT molecular complexity index is 1610. The largest absolute Gasteiger partial charge is 0.490 e. The smallest absolute Gasteiger partial charge is 0.338 e. The van der Waals surface area contributed by atoms with Gasteiger partial charge in [0.2, 0.25) is 0 Å². The predicted octanol–water partition coefficient (Wildman–Crippen LogP) is 5.14. The van der Waals surface area contributed by atoms with Crippen LogP contribution in [-0.4, -0.2) is 30.4 Å². The third-order valence-electron chi connectivity index (χ3n) is 5.74.